The highest BCUT2D eigenvalue weighted by Gasteiger charge is 2.29. The number of aromatic nitrogens is 1. The molecule has 0 unspecified atom stereocenters. The van der Waals surface area contributed by atoms with Gasteiger partial charge in [0.15, 0.2) is 0 Å². The molecule has 0 atom stereocenters. The Morgan fingerprint density at radius 3 is 2.78 bits per heavy atom. The summed E-state index contributed by atoms with van der Waals surface area (Å²) in [5.74, 6) is 2.12. The van der Waals surface area contributed by atoms with Crippen LogP contribution in [0.4, 0.5) is 0 Å². The first-order chi connectivity index (χ1) is 13.4. The number of nitrogens with zero attached hydrogens (tertiary/aromatic N) is 1. The van der Waals surface area contributed by atoms with Crippen LogP contribution >= 0.6 is 0 Å². The molecule has 0 spiro atoms. The molecule has 0 radical (unpaired) electrons. The van der Waals surface area contributed by atoms with Crippen LogP contribution in [0.5, 0.6) is 11.5 Å². The van der Waals surface area contributed by atoms with Gasteiger partial charge in [-0.2, -0.15) is 0 Å². The molecule has 27 heavy (non-hydrogen) atoms. The van der Waals surface area contributed by atoms with E-state index < -0.39 is 0 Å². The molecule has 1 aliphatic heterocycles. The van der Waals surface area contributed by atoms with E-state index in [4.69, 9.17) is 9.47 Å². The van der Waals surface area contributed by atoms with Crippen LogP contribution in [0.25, 0.3) is 22.2 Å². The SMILES string of the molecule is O=COc1ccc2c(C3CCCCC3)c3n(c2c1)CCOc1ccccc1-3. The molecule has 2 aliphatic rings. The largest absolute Gasteiger partial charge is 0.491 e. The van der Waals surface area contributed by atoms with Gasteiger partial charge in [0.25, 0.3) is 6.47 Å². The molecule has 1 fully saturated rings. The summed E-state index contributed by atoms with van der Waals surface area (Å²) in [6.07, 6.45) is 6.40. The molecule has 0 saturated heterocycles. The Kier molecular flexibility index (Phi) is 4.12. The number of fused-ring (bicyclic) bond motifs is 5. The van der Waals surface area contributed by atoms with E-state index in [1.807, 2.05) is 18.2 Å². The number of benzene rings is 2. The standard InChI is InChI=1S/C23H23NO3/c25-15-27-17-10-11-18-20(14-17)24-12-13-26-21-9-5-4-8-19(21)23(24)22(18)16-6-2-1-3-7-16/h4-5,8-11,14-16H,1-3,6-7,12-13H2. The van der Waals surface area contributed by atoms with Gasteiger partial charge in [0.2, 0.25) is 0 Å². The fourth-order valence-electron chi connectivity index (χ4n) is 4.85. The smallest absolute Gasteiger partial charge is 0.298 e. The van der Waals surface area contributed by atoms with Crippen molar-refractivity contribution in [2.45, 2.75) is 44.6 Å². The minimum atomic E-state index is 0.494. The van der Waals surface area contributed by atoms with Gasteiger partial charge in [0.05, 0.1) is 17.8 Å². The summed E-state index contributed by atoms with van der Waals surface area (Å²) in [4.78, 5) is 10.8. The first kappa shape index (κ1) is 16.4. The summed E-state index contributed by atoms with van der Waals surface area (Å²) < 4.78 is 13.5. The Morgan fingerprint density at radius 2 is 1.93 bits per heavy atom. The van der Waals surface area contributed by atoms with Crippen molar-refractivity contribution < 1.29 is 14.3 Å². The van der Waals surface area contributed by atoms with Gasteiger partial charge in [-0.05, 0) is 48.6 Å². The third-order valence-electron chi connectivity index (χ3n) is 5.99. The number of para-hydroxylation sites is 1. The topological polar surface area (TPSA) is 40.5 Å². The van der Waals surface area contributed by atoms with Crippen LogP contribution in [0.1, 0.15) is 43.6 Å². The van der Waals surface area contributed by atoms with Crippen molar-refractivity contribution in [2.24, 2.45) is 0 Å². The molecule has 5 rings (SSSR count). The minimum Gasteiger partial charge on any atom is -0.491 e. The molecule has 3 aromatic rings. The van der Waals surface area contributed by atoms with E-state index in [9.17, 15) is 4.79 Å². The fourth-order valence-corrected chi connectivity index (χ4v) is 4.85. The van der Waals surface area contributed by atoms with Crippen molar-refractivity contribution in [3.8, 4) is 22.8 Å². The van der Waals surface area contributed by atoms with Gasteiger partial charge >= 0.3 is 0 Å². The highest BCUT2D eigenvalue weighted by atomic mass is 16.5. The third kappa shape index (κ3) is 2.71. The van der Waals surface area contributed by atoms with E-state index in [2.05, 4.69) is 28.8 Å². The van der Waals surface area contributed by atoms with Crippen molar-refractivity contribution in [3.05, 3.63) is 48.0 Å². The van der Waals surface area contributed by atoms with Crippen molar-refractivity contribution in [1.82, 2.24) is 4.57 Å². The molecular formula is C23H23NO3. The van der Waals surface area contributed by atoms with Crippen LogP contribution in [0.15, 0.2) is 42.5 Å². The molecule has 1 aromatic heterocycles. The van der Waals surface area contributed by atoms with Crippen molar-refractivity contribution in [2.75, 3.05) is 6.61 Å². The Hall–Kier alpha value is -2.75. The van der Waals surface area contributed by atoms with Gasteiger partial charge in [-0.1, -0.05) is 31.4 Å². The van der Waals surface area contributed by atoms with Gasteiger partial charge < -0.3 is 14.0 Å². The van der Waals surface area contributed by atoms with E-state index in [1.54, 1.807) is 0 Å². The first-order valence-electron chi connectivity index (χ1n) is 9.85. The second-order valence-electron chi connectivity index (χ2n) is 7.49. The van der Waals surface area contributed by atoms with Gasteiger partial charge in [-0.3, -0.25) is 4.79 Å². The van der Waals surface area contributed by atoms with Crippen LogP contribution in [-0.4, -0.2) is 17.6 Å². The van der Waals surface area contributed by atoms with Crippen LogP contribution in [-0.2, 0) is 11.3 Å². The van der Waals surface area contributed by atoms with E-state index in [-0.39, 0.29) is 0 Å². The Morgan fingerprint density at radius 1 is 1.07 bits per heavy atom. The number of rotatable bonds is 3. The quantitative estimate of drug-likeness (QED) is 0.596. The average Bonchev–Trinajstić information content (AvgIpc) is 2.90. The van der Waals surface area contributed by atoms with Gasteiger partial charge in [-0.25, -0.2) is 0 Å². The molecule has 2 aromatic carbocycles. The van der Waals surface area contributed by atoms with E-state index in [0.717, 1.165) is 17.8 Å². The van der Waals surface area contributed by atoms with Crippen LogP contribution in [0.3, 0.4) is 0 Å². The predicted octanol–water partition coefficient (Wildman–Crippen LogP) is 5.28. The van der Waals surface area contributed by atoms with E-state index in [0.29, 0.717) is 24.7 Å². The average molecular weight is 361 g/mol. The lowest BCUT2D eigenvalue weighted by molar-refractivity contribution is -0.120. The number of carbonyl (C=O) groups is 1. The number of carbonyl (C=O) groups excluding carboxylic acids is 1. The zero-order chi connectivity index (χ0) is 18.2. The molecule has 4 heteroatoms. The number of ether oxygens (including phenoxy) is 2. The maximum absolute atomic E-state index is 10.8. The monoisotopic (exact) mass is 361 g/mol. The molecule has 1 aliphatic carbocycles. The number of hydrogen-bond donors (Lipinski definition) is 0. The van der Waals surface area contributed by atoms with Gasteiger partial charge in [0.1, 0.15) is 18.1 Å². The normalized spacial score (nSPS) is 16.9. The highest BCUT2D eigenvalue weighted by molar-refractivity contribution is 5.94. The molecule has 2 heterocycles. The minimum absolute atomic E-state index is 0.494. The molecule has 0 N–H and O–H groups in total. The van der Waals surface area contributed by atoms with Gasteiger partial charge in [-0.15, -0.1) is 0 Å². The van der Waals surface area contributed by atoms with Crippen molar-refractivity contribution >= 4 is 17.4 Å². The Balaban J connectivity index is 1.81. The summed E-state index contributed by atoms with van der Waals surface area (Å²) in [6, 6.07) is 14.4. The van der Waals surface area contributed by atoms with Gasteiger partial charge in [0, 0.05) is 17.0 Å². The maximum Gasteiger partial charge on any atom is 0.298 e. The first-order valence-corrected chi connectivity index (χ1v) is 9.85. The molecule has 4 nitrogen and oxygen atoms in total. The lowest BCUT2D eigenvalue weighted by Crippen LogP contribution is -2.07. The predicted molar refractivity (Wildman–Crippen MR) is 105 cm³/mol. The van der Waals surface area contributed by atoms with Crippen LogP contribution < -0.4 is 9.47 Å². The Labute approximate surface area is 158 Å². The highest BCUT2D eigenvalue weighted by Crippen LogP contribution is 2.47. The molecule has 0 amide bonds. The molecule has 138 valence electrons. The Bertz CT molecular complexity index is 998. The summed E-state index contributed by atoms with van der Waals surface area (Å²) >= 11 is 0. The number of hydrogen-bond acceptors (Lipinski definition) is 3. The van der Waals surface area contributed by atoms with Crippen LogP contribution in [0, 0.1) is 0 Å². The fraction of sp³-hybridized carbons (Fsp3) is 0.348. The summed E-state index contributed by atoms with van der Waals surface area (Å²) in [5, 5.41) is 1.28. The zero-order valence-electron chi connectivity index (χ0n) is 15.3. The second kappa shape index (κ2) is 6.76. The molecular weight excluding hydrogens is 338 g/mol. The molecule has 1 saturated carbocycles. The second-order valence-corrected chi connectivity index (χ2v) is 7.49. The molecule has 0 bridgehead atoms. The third-order valence-corrected chi connectivity index (χ3v) is 5.99. The van der Waals surface area contributed by atoms with Crippen molar-refractivity contribution in [1.29, 1.82) is 0 Å². The lowest BCUT2D eigenvalue weighted by Gasteiger charge is -2.23. The van der Waals surface area contributed by atoms with Crippen LogP contribution in [0.2, 0.25) is 0 Å². The zero-order valence-corrected chi connectivity index (χ0v) is 15.3. The van der Waals surface area contributed by atoms with Crippen molar-refractivity contribution in [3.63, 3.8) is 0 Å². The van der Waals surface area contributed by atoms with E-state index >= 15 is 0 Å². The maximum atomic E-state index is 10.8. The van der Waals surface area contributed by atoms with E-state index in [1.165, 1.54) is 54.3 Å². The summed E-state index contributed by atoms with van der Waals surface area (Å²) in [6.45, 7) is 1.92. The lowest BCUT2D eigenvalue weighted by atomic mass is 9.82. The summed E-state index contributed by atoms with van der Waals surface area (Å²) in [7, 11) is 0. The summed E-state index contributed by atoms with van der Waals surface area (Å²) in [5.41, 5.74) is 5.03.